The quantitative estimate of drug-likeness (QED) is 0.524. The van der Waals surface area contributed by atoms with Crippen molar-refractivity contribution in [2.24, 2.45) is 11.5 Å². The summed E-state index contributed by atoms with van der Waals surface area (Å²) in [6.45, 7) is 0. The molecule has 0 aromatic rings. The highest BCUT2D eigenvalue weighted by Gasteiger charge is 2.07. The van der Waals surface area contributed by atoms with Crippen LogP contribution in [0.5, 0.6) is 0 Å². The predicted octanol–water partition coefficient (Wildman–Crippen LogP) is 0.344. The van der Waals surface area contributed by atoms with E-state index in [2.05, 4.69) is 25.3 Å². The monoisotopic (exact) mass is 224 g/mol. The highest BCUT2D eigenvalue weighted by molar-refractivity contribution is 7.80. The molecule has 0 fully saturated rings. The molecule has 0 aromatic heterocycles. The second-order valence-corrected chi connectivity index (χ2v) is 2.42. The number of nitrogens with two attached hydrogens (primary N) is 2. The average Bonchev–Trinajstić information content (AvgIpc) is 1.84. The summed E-state index contributed by atoms with van der Waals surface area (Å²) in [5, 5.41) is 0. The summed E-state index contributed by atoms with van der Waals surface area (Å²) >= 11 is 7.94. The van der Waals surface area contributed by atoms with Gasteiger partial charge in [0.25, 0.3) is 0 Å². The molecule has 0 saturated carbocycles. The Labute approximate surface area is 85.1 Å². The number of thiol groups is 2. The molecular weight excluding hydrogens is 211 g/mol. The number of hydrogen-bond donors (Lipinski definition) is 4. The Morgan fingerprint density at radius 1 is 0.900 bits per heavy atom. The molecule has 6 heteroatoms. The highest BCUT2D eigenvalue weighted by atomic mass is 35.5. The van der Waals surface area contributed by atoms with Gasteiger partial charge in [-0.2, -0.15) is 25.3 Å². The molecule has 0 bridgehead atoms. The summed E-state index contributed by atoms with van der Waals surface area (Å²) in [5.74, 6) is 1.25. The molecule has 0 heterocycles. The van der Waals surface area contributed by atoms with Gasteiger partial charge in [0.05, 0.1) is 0 Å². The van der Waals surface area contributed by atoms with Gasteiger partial charge in [-0.1, -0.05) is 0 Å². The first-order chi connectivity index (χ1) is 3.72. The molecule has 2 nitrogen and oxygen atoms in total. The third-order valence-corrected chi connectivity index (χ3v) is 1.81. The Balaban J connectivity index is -0.000000245. The Hall–Kier alpha value is 1.20. The van der Waals surface area contributed by atoms with Crippen molar-refractivity contribution in [3.05, 3.63) is 0 Å². The fourth-order valence-electron chi connectivity index (χ4n) is 0.271. The normalized spacial score (nSPS) is 14.4. The molecule has 0 aliphatic rings. The van der Waals surface area contributed by atoms with Gasteiger partial charge in [-0.15, -0.1) is 24.8 Å². The Morgan fingerprint density at radius 2 is 1.10 bits per heavy atom. The first-order valence-corrected chi connectivity index (χ1v) is 3.71. The molecular formula is C4H14Cl2N2S2. The maximum absolute atomic E-state index is 5.48. The summed E-state index contributed by atoms with van der Waals surface area (Å²) in [5.41, 5.74) is 11.0. The maximum Gasteiger partial charge on any atom is 0.0289 e. The minimum Gasteiger partial charge on any atom is -0.326 e. The van der Waals surface area contributed by atoms with Crippen molar-refractivity contribution in [3.8, 4) is 0 Å². The summed E-state index contributed by atoms with van der Waals surface area (Å²) in [6, 6.07) is -0.0355. The molecule has 4 N–H and O–H groups in total. The van der Waals surface area contributed by atoms with Crippen LogP contribution in [0.4, 0.5) is 0 Å². The molecule has 0 aromatic carbocycles. The number of rotatable bonds is 3. The lowest BCUT2D eigenvalue weighted by molar-refractivity contribution is 0.621. The molecule has 0 saturated heterocycles. The fourth-order valence-corrected chi connectivity index (χ4v) is 0.812. The lowest BCUT2D eigenvalue weighted by Gasteiger charge is -2.13. The van der Waals surface area contributed by atoms with Crippen LogP contribution in [-0.4, -0.2) is 23.6 Å². The van der Waals surface area contributed by atoms with Crippen LogP contribution in [0.15, 0.2) is 0 Å². The van der Waals surface area contributed by atoms with E-state index in [-0.39, 0.29) is 36.9 Å². The van der Waals surface area contributed by atoms with Crippen molar-refractivity contribution in [1.29, 1.82) is 0 Å². The van der Waals surface area contributed by atoms with Crippen LogP contribution >= 0.6 is 50.1 Å². The summed E-state index contributed by atoms with van der Waals surface area (Å²) in [6.07, 6.45) is 0. The van der Waals surface area contributed by atoms with Crippen LogP contribution in [-0.2, 0) is 0 Å². The SMILES string of the molecule is Cl.Cl.NC(CS)C(N)CS. The van der Waals surface area contributed by atoms with E-state index in [4.69, 9.17) is 11.5 Å². The van der Waals surface area contributed by atoms with Gasteiger partial charge in [0.2, 0.25) is 0 Å². The topological polar surface area (TPSA) is 52.0 Å². The van der Waals surface area contributed by atoms with E-state index in [0.29, 0.717) is 11.5 Å². The van der Waals surface area contributed by atoms with E-state index >= 15 is 0 Å². The predicted molar refractivity (Wildman–Crippen MR) is 58.2 cm³/mol. The largest absolute Gasteiger partial charge is 0.326 e. The smallest absolute Gasteiger partial charge is 0.0289 e. The van der Waals surface area contributed by atoms with Crippen LogP contribution in [0.3, 0.4) is 0 Å². The molecule has 10 heavy (non-hydrogen) atoms. The van der Waals surface area contributed by atoms with Gasteiger partial charge in [-0.25, -0.2) is 0 Å². The van der Waals surface area contributed by atoms with Crippen LogP contribution in [0.1, 0.15) is 0 Å². The number of halogens is 2. The second kappa shape index (κ2) is 10.2. The second-order valence-electron chi connectivity index (χ2n) is 1.69. The molecule has 0 radical (unpaired) electrons. The molecule has 0 spiro atoms. The van der Waals surface area contributed by atoms with Crippen LogP contribution < -0.4 is 11.5 Å². The Bertz CT molecular complexity index is 59.2. The van der Waals surface area contributed by atoms with Gasteiger partial charge in [0, 0.05) is 23.6 Å². The summed E-state index contributed by atoms with van der Waals surface area (Å²) < 4.78 is 0. The molecule has 0 aliphatic carbocycles. The summed E-state index contributed by atoms with van der Waals surface area (Å²) in [7, 11) is 0. The minimum absolute atomic E-state index is 0. The zero-order valence-electron chi connectivity index (χ0n) is 5.43. The van der Waals surface area contributed by atoms with Gasteiger partial charge >= 0.3 is 0 Å². The molecule has 0 amide bonds. The zero-order valence-corrected chi connectivity index (χ0v) is 8.86. The van der Waals surface area contributed by atoms with Crippen molar-refractivity contribution >= 4 is 50.1 Å². The van der Waals surface area contributed by atoms with Gasteiger partial charge in [0.15, 0.2) is 0 Å². The van der Waals surface area contributed by atoms with Crippen molar-refractivity contribution in [2.45, 2.75) is 12.1 Å². The molecule has 0 aliphatic heterocycles. The summed E-state index contributed by atoms with van der Waals surface area (Å²) in [4.78, 5) is 0. The van der Waals surface area contributed by atoms with Crippen LogP contribution in [0.2, 0.25) is 0 Å². The van der Waals surface area contributed by atoms with Crippen LogP contribution in [0, 0.1) is 0 Å². The maximum atomic E-state index is 5.48. The van der Waals surface area contributed by atoms with E-state index in [1.807, 2.05) is 0 Å². The van der Waals surface area contributed by atoms with E-state index in [0.717, 1.165) is 0 Å². The van der Waals surface area contributed by atoms with Crippen molar-refractivity contribution in [1.82, 2.24) is 0 Å². The first kappa shape index (κ1) is 17.3. The van der Waals surface area contributed by atoms with Gasteiger partial charge < -0.3 is 11.5 Å². The third-order valence-electron chi connectivity index (χ3n) is 0.972. The Morgan fingerprint density at radius 3 is 1.20 bits per heavy atom. The van der Waals surface area contributed by atoms with E-state index in [1.165, 1.54) is 0 Å². The first-order valence-electron chi connectivity index (χ1n) is 2.45. The molecule has 2 atom stereocenters. The van der Waals surface area contributed by atoms with Crippen molar-refractivity contribution in [3.63, 3.8) is 0 Å². The van der Waals surface area contributed by atoms with Crippen molar-refractivity contribution in [2.75, 3.05) is 11.5 Å². The van der Waals surface area contributed by atoms with Gasteiger partial charge in [0.1, 0.15) is 0 Å². The Kier molecular flexibility index (Phi) is 17.7. The highest BCUT2D eigenvalue weighted by Crippen LogP contribution is 1.91. The third kappa shape index (κ3) is 7.31. The zero-order chi connectivity index (χ0) is 6.57. The molecule has 2 unspecified atom stereocenters. The number of hydrogen-bond acceptors (Lipinski definition) is 4. The minimum atomic E-state index is -0.0177. The molecule has 66 valence electrons. The lowest BCUT2D eigenvalue weighted by atomic mass is 10.2. The lowest BCUT2D eigenvalue weighted by Crippen LogP contribution is -2.43. The molecule has 0 rings (SSSR count). The van der Waals surface area contributed by atoms with Gasteiger partial charge in [-0.3, -0.25) is 0 Å². The fraction of sp³-hybridized carbons (Fsp3) is 1.00. The standard InChI is InChI=1S/C4H12N2S2.2ClH/c5-3(1-7)4(6)2-8;;/h3-4,7-8H,1-2,5-6H2;2*1H. The van der Waals surface area contributed by atoms with Gasteiger partial charge in [-0.05, 0) is 0 Å². The van der Waals surface area contributed by atoms with E-state index < -0.39 is 0 Å². The van der Waals surface area contributed by atoms with E-state index in [1.54, 1.807) is 0 Å². The van der Waals surface area contributed by atoms with Crippen molar-refractivity contribution < 1.29 is 0 Å². The van der Waals surface area contributed by atoms with E-state index in [9.17, 15) is 0 Å². The van der Waals surface area contributed by atoms with Crippen LogP contribution in [0.25, 0.3) is 0 Å². The average molecular weight is 225 g/mol.